The minimum absolute atomic E-state index is 0.0505. The van der Waals surface area contributed by atoms with E-state index in [-0.39, 0.29) is 35.5 Å². The number of nitrogens with one attached hydrogen (secondary N) is 1. The highest BCUT2D eigenvalue weighted by Crippen LogP contribution is 2.40. The zero-order chi connectivity index (χ0) is 27.7. The van der Waals surface area contributed by atoms with E-state index in [1.54, 1.807) is 0 Å². The summed E-state index contributed by atoms with van der Waals surface area (Å²) in [4.78, 5) is 47.9. The van der Waals surface area contributed by atoms with Crippen molar-refractivity contribution in [1.82, 2.24) is 24.0 Å². The van der Waals surface area contributed by atoms with Gasteiger partial charge in [-0.25, -0.2) is 0 Å². The molecule has 14 nitrogen and oxygen atoms in total. The van der Waals surface area contributed by atoms with Crippen LogP contribution in [0.4, 0.5) is 5.13 Å². The first-order valence-corrected chi connectivity index (χ1v) is 14.3. The van der Waals surface area contributed by atoms with Gasteiger partial charge in [-0.1, -0.05) is 5.16 Å². The SMILES string of the molecule is CO/N=C(\C(=O)N[C@@H]1C(=O)N2C(C(=O)[O-])=C(C[n+]3ccn4c(SCCO)ccc4c3)CS[C@H]12)c1nsc(N)n1. The van der Waals surface area contributed by atoms with Gasteiger partial charge in [0.1, 0.15) is 24.0 Å². The molecule has 2 aliphatic heterocycles. The summed E-state index contributed by atoms with van der Waals surface area (Å²) < 4.78 is 7.75. The van der Waals surface area contributed by atoms with Crippen LogP contribution >= 0.6 is 35.1 Å². The van der Waals surface area contributed by atoms with Gasteiger partial charge >= 0.3 is 0 Å². The number of carboxylic acids is 1. The Bertz CT molecular complexity index is 1520. The Labute approximate surface area is 233 Å². The van der Waals surface area contributed by atoms with Crippen molar-refractivity contribution in [2.45, 2.75) is 23.0 Å². The van der Waals surface area contributed by atoms with Crippen molar-refractivity contribution in [2.75, 3.05) is 31.0 Å². The van der Waals surface area contributed by atoms with Crippen LogP contribution in [-0.4, -0.2) is 83.9 Å². The number of nitrogens with zero attached hydrogens (tertiary/aromatic N) is 6. The number of oxime groups is 1. The molecule has 2 atom stereocenters. The molecule has 3 aromatic heterocycles. The lowest BCUT2D eigenvalue weighted by Gasteiger charge is -2.50. The zero-order valence-electron chi connectivity index (χ0n) is 20.3. The number of β-lactam (4-membered cyclic amide) rings is 1. The summed E-state index contributed by atoms with van der Waals surface area (Å²) >= 11 is 3.73. The molecule has 0 unspecified atom stereocenters. The minimum Gasteiger partial charge on any atom is -0.543 e. The maximum absolute atomic E-state index is 13.1. The molecule has 4 N–H and O–H groups in total. The summed E-state index contributed by atoms with van der Waals surface area (Å²) in [5.74, 6) is -1.98. The lowest BCUT2D eigenvalue weighted by molar-refractivity contribution is -0.688. The number of anilines is 1. The van der Waals surface area contributed by atoms with E-state index in [1.165, 1.54) is 30.6 Å². The van der Waals surface area contributed by atoms with Crippen LogP contribution in [0.15, 0.2) is 52.2 Å². The van der Waals surface area contributed by atoms with Crippen molar-refractivity contribution < 1.29 is 34.0 Å². The lowest BCUT2D eigenvalue weighted by atomic mass is 10.0. The van der Waals surface area contributed by atoms with Gasteiger partial charge in [0.2, 0.25) is 11.5 Å². The van der Waals surface area contributed by atoms with E-state index >= 15 is 0 Å². The van der Waals surface area contributed by atoms with E-state index in [4.69, 9.17) is 15.7 Å². The number of nitrogens with two attached hydrogens (primary N) is 1. The largest absolute Gasteiger partial charge is 0.543 e. The predicted molar refractivity (Wildman–Crippen MR) is 140 cm³/mol. The summed E-state index contributed by atoms with van der Waals surface area (Å²) in [5, 5.41) is 27.9. The lowest BCUT2D eigenvalue weighted by Crippen LogP contribution is -2.71. The van der Waals surface area contributed by atoms with Crippen LogP contribution in [0.25, 0.3) is 5.52 Å². The van der Waals surface area contributed by atoms with Gasteiger partial charge in [0.05, 0.1) is 29.5 Å². The number of hydrogen-bond donors (Lipinski definition) is 3. The maximum atomic E-state index is 13.1. The predicted octanol–water partition coefficient (Wildman–Crippen LogP) is -1.80. The van der Waals surface area contributed by atoms with Gasteiger partial charge in [-0.15, -0.1) is 23.5 Å². The molecule has 0 radical (unpaired) electrons. The Morgan fingerprint density at radius 3 is 2.95 bits per heavy atom. The number of carbonyl (C=O) groups is 3. The Hall–Kier alpha value is -3.67. The topological polar surface area (TPSA) is 191 Å². The molecule has 1 fully saturated rings. The van der Waals surface area contributed by atoms with Crippen LogP contribution < -0.4 is 20.7 Å². The first kappa shape index (κ1) is 26.9. The first-order chi connectivity index (χ1) is 18.8. The Kier molecular flexibility index (Phi) is 7.74. The van der Waals surface area contributed by atoms with Crippen LogP contribution in [0.5, 0.6) is 0 Å². The van der Waals surface area contributed by atoms with Gasteiger partial charge in [-0.05, 0) is 12.1 Å². The number of thioether (sulfide) groups is 2. The molecule has 0 saturated carbocycles. The van der Waals surface area contributed by atoms with Gasteiger partial charge in [0.15, 0.2) is 24.1 Å². The molecule has 17 heteroatoms. The molecule has 5 rings (SSSR count). The van der Waals surface area contributed by atoms with Crippen LogP contribution in [0.2, 0.25) is 0 Å². The molecule has 0 aliphatic carbocycles. The number of carbonyl (C=O) groups excluding carboxylic acids is 3. The highest BCUT2D eigenvalue weighted by molar-refractivity contribution is 8.00. The molecule has 0 bridgehead atoms. The zero-order valence-corrected chi connectivity index (χ0v) is 22.8. The molecule has 39 heavy (non-hydrogen) atoms. The number of aliphatic carboxylic acids is 1. The number of amides is 2. The molecular weight excluding hydrogens is 568 g/mol. The van der Waals surface area contributed by atoms with Crippen molar-refractivity contribution >= 4 is 69.2 Å². The third-order valence-corrected chi connectivity index (χ3v) is 8.81. The van der Waals surface area contributed by atoms with Crippen LogP contribution in [0.3, 0.4) is 0 Å². The van der Waals surface area contributed by atoms with Gasteiger partial charge in [0, 0.05) is 28.6 Å². The van der Waals surface area contributed by atoms with Gasteiger partial charge < -0.3 is 35.3 Å². The Morgan fingerprint density at radius 1 is 1.44 bits per heavy atom. The number of carboxylic acid groups (broad SMARTS) is 1. The number of hydrogen-bond acceptors (Lipinski definition) is 13. The summed E-state index contributed by atoms with van der Waals surface area (Å²) in [5.41, 5.74) is 6.53. The van der Waals surface area contributed by atoms with Crippen molar-refractivity contribution in [3.05, 3.63) is 47.8 Å². The number of fused-ring (bicyclic) bond motifs is 2. The van der Waals surface area contributed by atoms with E-state index in [1.807, 2.05) is 39.7 Å². The molecule has 204 valence electrons. The second-order valence-corrected chi connectivity index (χ2v) is 11.3. The normalized spacial score (nSPS) is 19.2. The fraction of sp³-hybridized carbons (Fsp3) is 0.318. The standard InChI is InChI=1S/C22H22N8O6S3/c1-36-26-14(17-25-22(23)39-27-17)18(32)24-15-19(33)30-16(21(34)35)11(10-38-20(15)30)8-28-4-5-29-12(9-28)2-3-13(29)37-7-6-31/h2-5,9,15,20,31H,6-8,10H2,1H3,(H3-,23,24,25,27,32,34,35)/b26-14-/t15-,20-/m1/s1. The highest BCUT2D eigenvalue weighted by atomic mass is 32.2. The number of aliphatic hydroxyl groups is 1. The average molecular weight is 591 g/mol. The summed E-state index contributed by atoms with van der Waals surface area (Å²) in [6.45, 7) is 0.301. The van der Waals surface area contributed by atoms with Crippen LogP contribution in [-0.2, 0) is 25.8 Å². The Balaban J connectivity index is 1.33. The van der Waals surface area contributed by atoms with Crippen molar-refractivity contribution in [1.29, 1.82) is 0 Å². The first-order valence-electron chi connectivity index (χ1n) is 11.5. The van der Waals surface area contributed by atoms with Crippen molar-refractivity contribution in [3.8, 4) is 0 Å². The number of aliphatic hydroxyl groups excluding tert-OH is 1. The van der Waals surface area contributed by atoms with E-state index in [2.05, 4.69) is 19.8 Å². The van der Waals surface area contributed by atoms with Crippen LogP contribution in [0, 0.1) is 0 Å². The van der Waals surface area contributed by atoms with Gasteiger partial charge in [0.25, 0.3) is 11.8 Å². The number of rotatable bonds is 10. The number of aromatic nitrogens is 4. The molecule has 1 saturated heterocycles. The van der Waals surface area contributed by atoms with Gasteiger partial charge in [-0.2, -0.15) is 13.9 Å². The van der Waals surface area contributed by atoms with E-state index in [9.17, 15) is 19.5 Å². The third-order valence-electron chi connectivity index (χ3n) is 5.91. The van der Waals surface area contributed by atoms with Crippen molar-refractivity contribution in [2.24, 2.45) is 5.16 Å². The fourth-order valence-corrected chi connectivity index (χ4v) is 6.81. The van der Waals surface area contributed by atoms with Crippen molar-refractivity contribution in [3.63, 3.8) is 0 Å². The van der Waals surface area contributed by atoms with Gasteiger partial charge in [-0.3, -0.25) is 14.5 Å². The molecule has 0 aromatic carbocycles. The maximum Gasteiger partial charge on any atom is 0.278 e. The average Bonchev–Trinajstić information content (AvgIpc) is 3.54. The summed E-state index contributed by atoms with van der Waals surface area (Å²) in [6, 6.07) is 2.89. The highest BCUT2D eigenvalue weighted by Gasteiger charge is 2.53. The fourth-order valence-electron chi connectivity index (χ4n) is 4.27. The smallest absolute Gasteiger partial charge is 0.278 e. The van der Waals surface area contributed by atoms with E-state index in [0.29, 0.717) is 17.1 Å². The van der Waals surface area contributed by atoms with E-state index in [0.717, 1.165) is 27.0 Å². The minimum atomic E-state index is -1.47. The second-order valence-electron chi connectivity index (χ2n) is 8.32. The summed E-state index contributed by atoms with van der Waals surface area (Å²) in [7, 11) is 1.25. The molecule has 2 amide bonds. The monoisotopic (exact) mass is 590 g/mol. The third kappa shape index (κ3) is 5.17. The molecule has 5 heterocycles. The summed E-state index contributed by atoms with van der Waals surface area (Å²) in [6.07, 6.45) is 5.54. The molecule has 0 spiro atoms. The number of nitrogen functional groups attached to an aromatic ring is 1. The van der Waals surface area contributed by atoms with E-state index < -0.39 is 29.2 Å². The molecular formula is C22H22N8O6S3. The molecule has 2 aliphatic rings. The quantitative estimate of drug-likeness (QED) is 0.0793. The Morgan fingerprint density at radius 2 is 2.26 bits per heavy atom. The second kappa shape index (κ2) is 11.2. The molecule has 3 aromatic rings. The van der Waals surface area contributed by atoms with Crippen LogP contribution in [0.1, 0.15) is 5.82 Å².